The summed E-state index contributed by atoms with van der Waals surface area (Å²) in [5.41, 5.74) is 0.956. The third-order valence-electron chi connectivity index (χ3n) is 3.70. The minimum Gasteiger partial charge on any atom is -0.503 e. The maximum atomic E-state index is 13.2. The van der Waals surface area contributed by atoms with Crippen molar-refractivity contribution < 1.29 is 19.1 Å². The van der Waals surface area contributed by atoms with Gasteiger partial charge in [0.05, 0.1) is 23.5 Å². The van der Waals surface area contributed by atoms with E-state index in [4.69, 9.17) is 0 Å². The van der Waals surface area contributed by atoms with Gasteiger partial charge in [-0.15, -0.1) is 0 Å². The first kappa shape index (κ1) is 14.9. The van der Waals surface area contributed by atoms with Gasteiger partial charge in [0.2, 0.25) is 0 Å². The molecular formula is C17H13FN2O3. The number of aliphatic hydroxyl groups is 1. The molecule has 116 valence electrons. The summed E-state index contributed by atoms with van der Waals surface area (Å²) in [5.74, 6) is -2.12. The molecule has 0 bridgehead atoms. The second-order valence-electron chi connectivity index (χ2n) is 5.16. The van der Waals surface area contributed by atoms with E-state index in [-0.39, 0.29) is 5.57 Å². The number of anilines is 1. The van der Waals surface area contributed by atoms with E-state index in [1.165, 1.54) is 42.3 Å². The number of carbonyl (C=O) groups excluding carboxylic acids is 2. The predicted molar refractivity (Wildman–Crippen MR) is 81.2 cm³/mol. The van der Waals surface area contributed by atoms with Crippen molar-refractivity contribution in [1.29, 1.82) is 0 Å². The minimum absolute atomic E-state index is 0.00883. The van der Waals surface area contributed by atoms with Crippen LogP contribution in [0.4, 0.5) is 10.1 Å². The van der Waals surface area contributed by atoms with E-state index >= 15 is 0 Å². The number of hydrogen-bond acceptors (Lipinski definition) is 4. The molecule has 1 N–H and O–H groups in total. The molecule has 1 amide bonds. The van der Waals surface area contributed by atoms with E-state index in [0.29, 0.717) is 11.3 Å². The fourth-order valence-electron chi connectivity index (χ4n) is 2.69. The van der Waals surface area contributed by atoms with Crippen LogP contribution in [-0.2, 0) is 9.59 Å². The second kappa shape index (κ2) is 5.64. The minimum atomic E-state index is -0.815. The molecule has 0 fully saturated rings. The first-order chi connectivity index (χ1) is 11.0. The van der Waals surface area contributed by atoms with Crippen LogP contribution in [0.25, 0.3) is 0 Å². The van der Waals surface area contributed by atoms with Gasteiger partial charge in [-0.05, 0) is 36.8 Å². The van der Waals surface area contributed by atoms with Crippen LogP contribution in [0.2, 0.25) is 0 Å². The Morgan fingerprint density at radius 3 is 2.52 bits per heavy atom. The van der Waals surface area contributed by atoms with Gasteiger partial charge in [-0.3, -0.25) is 19.5 Å². The second-order valence-corrected chi connectivity index (χ2v) is 5.16. The Bertz CT molecular complexity index is 800. The number of aliphatic hydroxyl groups excluding tert-OH is 1. The molecule has 0 spiro atoms. The summed E-state index contributed by atoms with van der Waals surface area (Å²) in [7, 11) is 0. The van der Waals surface area contributed by atoms with Crippen LogP contribution in [0.15, 0.2) is 60.1 Å². The van der Waals surface area contributed by atoms with Gasteiger partial charge in [0.1, 0.15) is 5.82 Å². The van der Waals surface area contributed by atoms with E-state index in [2.05, 4.69) is 4.98 Å². The smallest absolute Gasteiger partial charge is 0.294 e. The number of amides is 1. The average Bonchev–Trinajstić information content (AvgIpc) is 2.81. The number of ketones is 1. The highest BCUT2D eigenvalue weighted by Gasteiger charge is 2.43. The van der Waals surface area contributed by atoms with Crippen molar-refractivity contribution in [2.75, 3.05) is 4.90 Å². The Morgan fingerprint density at radius 2 is 1.96 bits per heavy atom. The highest BCUT2D eigenvalue weighted by molar-refractivity contribution is 6.16. The molecular weight excluding hydrogens is 299 g/mol. The van der Waals surface area contributed by atoms with E-state index in [0.717, 1.165) is 0 Å². The van der Waals surface area contributed by atoms with Crippen molar-refractivity contribution in [3.05, 3.63) is 71.5 Å². The number of nitrogens with zero attached hydrogens (tertiary/aromatic N) is 2. The zero-order valence-corrected chi connectivity index (χ0v) is 12.2. The van der Waals surface area contributed by atoms with E-state index in [1.54, 1.807) is 18.3 Å². The molecule has 0 saturated carbocycles. The zero-order valence-electron chi connectivity index (χ0n) is 12.2. The molecule has 5 nitrogen and oxygen atoms in total. The largest absolute Gasteiger partial charge is 0.503 e. The fourth-order valence-corrected chi connectivity index (χ4v) is 2.69. The molecule has 1 aliphatic heterocycles. The van der Waals surface area contributed by atoms with Gasteiger partial charge in [0, 0.05) is 6.20 Å². The van der Waals surface area contributed by atoms with E-state index in [9.17, 15) is 19.1 Å². The summed E-state index contributed by atoms with van der Waals surface area (Å²) >= 11 is 0. The summed E-state index contributed by atoms with van der Waals surface area (Å²) < 4.78 is 13.2. The lowest BCUT2D eigenvalue weighted by Crippen LogP contribution is -2.30. The molecule has 0 aliphatic carbocycles. The Morgan fingerprint density at radius 1 is 1.26 bits per heavy atom. The van der Waals surface area contributed by atoms with Crippen LogP contribution in [0.5, 0.6) is 0 Å². The first-order valence-electron chi connectivity index (χ1n) is 6.94. The van der Waals surface area contributed by atoms with Crippen LogP contribution < -0.4 is 4.90 Å². The maximum Gasteiger partial charge on any atom is 0.294 e. The van der Waals surface area contributed by atoms with Crippen LogP contribution >= 0.6 is 0 Å². The number of halogens is 1. The summed E-state index contributed by atoms with van der Waals surface area (Å²) in [6.07, 6.45) is 3.01. The Kier molecular flexibility index (Phi) is 3.65. The Labute approximate surface area is 131 Å². The van der Waals surface area contributed by atoms with Crippen molar-refractivity contribution in [3.8, 4) is 0 Å². The van der Waals surface area contributed by atoms with Crippen molar-refractivity contribution >= 4 is 17.4 Å². The van der Waals surface area contributed by atoms with Crippen molar-refractivity contribution in [2.45, 2.75) is 13.0 Å². The number of rotatable bonds is 3. The Balaban J connectivity index is 2.17. The quantitative estimate of drug-likeness (QED) is 0.946. The zero-order chi connectivity index (χ0) is 16.6. The van der Waals surface area contributed by atoms with Gasteiger partial charge in [-0.1, -0.05) is 12.1 Å². The number of benzene rings is 1. The molecule has 0 unspecified atom stereocenters. The molecule has 2 heterocycles. The topological polar surface area (TPSA) is 70.5 Å². The molecule has 1 aliphatic rings. The maximum absolute atomic E-state index is 13.2. The highest BCUT2D eigenvalue weighted by atomic mass is 19.1. The molecule has 1 aromatic heterocycles. The molecule has 0 radical (unpaired) electrons. The van der Waals surface area contributed by atoms with Crippen LogP contribution in [0.3, 0.4) is 0 Å². The molecule has 6 heteroatoms. The van der Waals surface area contributed by atoms with Gasteiger partial charge in [0.25, 0.3) is 5.91 Å². The molecule has 0 saturated heterocycles. The summed E-state index contributed by atoms with van der Waals surface area (Å²) in [4.78, 5) is 29.6. The average molecular weight is 312 g/mol. The number of carbonyl (C=O) groups is 2. The number of Topliss-reactive ketones (excluding diaryl/α,β-unsaturated/α-hetero) is 1. The SMILES string of the molecule is CC(=O)C1=C(O)C(=O)N(c2cccnc2)[C@@H]1c1ccc(F)cc1. The van der Waals surface area contributed by atoms with E-state index in [1.807, 2.05) is 0 Å². The molecule has 1 aromatic carbocycles. The molecule has 3 rings (SSSR count). The van der Waals surface area contributed by atoms with Gasteiger partial charge in [0.15, 0.2) is 11.5 Å². The van der Waals surface area contributed by atoms with Crippen molar-refractivity contribution in [2.24, 2.45) is 0 Å². The molecule has 23 heavy (non-hydrogen) atoms. The van der Waals surface area contributed by atoms with E-state index < -0.39 is 29.3 Å². The van der Waals surface area contributed by atoms with Crippen LogP contribution in [0.1, 0.15) is 18.5 Å². The Hall–Kier alpha value is -3.02. The predicted octanol–water partition coefficient (Wildman–Crippen LogP) is 2.71. The number of pyridine rings is 1. The fraction of sp³-hybridized carbons (Fsp3) is 0.118. The summed E-state index contributed by atoms with van der Waals surface area (Å²) in [6, 6.07) is 7.94. The summed E-state index contributed by atoms with van der Waals surface area (Å²) in [5, 5.41) is 10.1. The van der Waals surface area contributed by atoms with Gasteiger partial charge < -0.3 is 5.11 Å². The third-order valence-corrected chi connectivity index (χ3v) is 3.70. The van der Waals surface area contributed by atoms with Crippen LogP contribution in [0, 0.1) is 5.82 Å². The van der Waals surface area contributed by atoms with Crippen molar-refractivity contribution in [3.63, 3.8) is 0 Å². The van der Waals surface area contributed by atoms with Crippen molar-refractivity contribution in [1.82, 2.24) is 4.98 Å². The van der Waals surface area contributed by atoms with Gasteiger partial charge >= 0.3 is 0 Å². The monoisotopic (exact) mass is 312 g/mol. The van der Waals surface area contributed by atoms with Gasteiger partial charge in [-0.2, -0.15) is 0 Å². The summed E-state index contributed by atoms with van der Waals surface area (Å²) in [6.45, 7) is 1.28. The van der Waals surface area contributed by atoms with Crippen LogP contribution in [-0.4, -0.2) is 21.8 Å². The third kappa shape index (κ3) is 2.48. The number of hydrogen-bond donors (Lipinski definition) is 1. The lowest BCUT2D eigenvalue weighted by Gasteiger charge is -2.26. The number of aromatic nitrogens is 1. The highest BCUT2D eigenvalue weighted by Crippen LogP contribution is 2.40. The van der Waals surface area contributed by atoms with Gasteiger partial charge in [-0.25, -0.2) is 4.39 Å². The first-order valence-corrected chi connectivity index (χ1v) is 6.94. The lowest BCUT2D eigenvalue weighted by molar-refractivity contribution is -0.117. The molecule has 2 aromatic rings. The standard InChI is InChI=1S/C17H13FN2O3/c1-10(21)14-15(11-4-6-12(18)7-5-11)20(17(23)16(14)22)13-3-2-8-19-9-13/h2-9,15,22H,1H3/t15-/m1/s1. The lowest BCUT2D eigenvalue weighted by atomic mass is 9.96. The molecule has 1 atom stereocenters. The normalized spacial score (nSPS) is 17.7.